The summed E-state index contributed by atoms with van der Waals surface area (Å²) in [6, 6.07) is -0.266. The summed E-state index contributed by atoms with van der Waals surface area (Å²) in [5.74, 6) is 0.360. The molecule has 1 aliphatic rings. The minimum atomic E-state index is -3.28. The second-order valence-electron chi connectivity index (χ2n) is 4.27. The van der Waals surface area contributed by atoms with E-state index in [0.717, 1.165) is 13.0 Å². The summed E-state index contributed by atoms with van der Waals surface area (Å²) >= 11 is 0. The second kappa shape index (κ2) is 6.09. The summed E-state index contributed by atoms with van der Waals surface area (Å²) in [7, 11) is -4.25. The molecular weight excluding hydrogens is 248 g/mol. The van der Waals surface area contributed by atoms with Crippen molar-refractivity contribution < 1.29 is 12.6 Å². The summed E-state index contributed by atoms with van der Waals surface area (Å²) in [5, 5.41) is 2.72. The minimum Gasteiger partial charge on any atom is -0.315 e. The number of piperidine rings is 1. The predicted octanol–water partition coefficient (Wildman–Crippen LogP) is -0.575. The maximum absolute atomic E-state index is 11.9. The third kappa shape index (κ3) is 4.48. The molecule has 5 nitrogen and oxygen atoms in total. The van der Waals surface area contributed by atoms with Gasteiger partial charge in [-0.3, -0.25) is 4.21 Å². The van der Waals surface area contributed by atoms with Crippen LogP contribution >= 0.6 is 0 Å². The monoisotopic (exact) mass is 268 g/mol. The van der Waals surface area contributed by atoms with Crippen molar-refractivity contribution in [1.29, 1.82) is 0 Å². The number of rotatable bonds is 5. The van der Waals surface area contributed by atoms with Gasteiger partial charge in [0, 0.05) is 35.4 Å². The first-order chi connectivity index (χ1) is 7.42. The van der Waals surface area contributed by atoms with Crippen LogP contribution in [0.1, 0.15) is 19.8 Å². The van der Waals surface area contributed by atoms with E-state index in [1.54, 1.807) is 13.2 Å². The maximum Gasteiger partial charge on any atom is 0.216 e. The van der Waals surface area contributed by atoms with E-state index in [9.17, 15) is 12.6 Å². The normalized spacial score (nSPS) is 26.2. The zero-order valence-electron chi connectivity index (χ0n) is 9.73. The lowest BCUT2D eigenvalue weighted by Gasteiger charge is -2.24. The molecule has 1 saturated heterocycles. The van der Waals surface area contributed by atoms with E-state index in [2.05, 4.69) is 10.0 Å². The fourth-order valence-corrected chi connectivity index (χ4v) is 4.39. The molecule has 0 spiro atoms. The van der Waals surface area contributed by atoms with Gasteiger partial charge in [0.2, 0.25) is 10.0 Å². The average Bonchev–Trinajstić information content (AvgIpc) is 2.16. The van der Waals surface area contributed by atoms with Crippen molar-refractivity contribution in [2.75, 3.05) is 25.1 Å². The van der Waals surface area contributed by atoms with Gasteiger partial charge >= 0.3 is 0 Å². The summed E-state index contributed by atoms with van der Waals surface area (Å²) in [6.07, 6.45) is 3.16. The zero-order chi connectivity index (χ0) is 12.2. The van der Waals surface area contributed by atoms with Crippen molar-refractivity contribution in [3.05, 3.63) is 0 Å². The van der Waals surface area contributed by atoms with Crippen LogP contribution in [0.15, 0.2) is 0 Å². The Morgan fingerprint density at radius 3 is 2.75 bits per heavy atom. The van der Waals surface area contributed by atoms with Crippen LogP contribution in [0.25, 0.3) is 0 Å². The average molecular weight is 268 g/mol. The van der Waals surface area contributed by atoms with E-state index >= 15 is 0 Å². The Labute approximate surface area is 99.9 Å². The number of hydrogen-bond donors (Lipinski definition) is 2. The van der Waals surface area contributed by atoms with Crippen LogP contribution in [0.4, 0.5) is 0 Å². The molecule has 0 aromatic carbocycles. The maximum atomic E-state index is 11.9. The quantitative estimate of drug-likeness (QED) is 0.700. The summed E-state index contributed by atoms with van der Waals surface area (Å²) in [4.78, 5) is 0. The van der Waals surface area contributed by atoms with E-state index in [4.69, 9.17) is 0 Å². The Hall–Kier alpha value is 0.0200. The number of hydrogen-bond acceptors (Lipinski definition) is 4. The first-order valence-corrected chi connectivity index (χ1v) is 8.71. The molecule has 2 N–H and O–H groups in total. The summed E-state index contributed by atoms with van der Waals surface area (Å²) < 4.78 is 37.4. The molecule has 0 aromatic rings. The predicted molar refractivity (Wildman–Crippen MR) is 66.3 cm³/mol. The van der Waals surface area contributed by atoms with E-state index < -0.39 is 20.8 Å². The van der Waals surface area contributed by atoms with Crippen LogP contribution in [-0.4, -0.2) is 49.0 Å². The molecule has 0 radical (unpaired) electrons. The third-order valence-electron chi connectivity index (χ3n) is 2.54. The van der Waals surface area contributed by atoms with Crippen LogP contribution in [0.3, 0.4) is 0 Å². The number of sulfonamides is 1. The SMILES string of the molecule is CC(CS(C)=O)NS(=O)(=O)C1CCCNC1. The molecule has 1 rings (SSSR count). The summed E-state index contributed by atoms with van der Waals surface area (Å²) in [5.41, 5.74) is 0. The molecular formula is C9H20N2O3S2. The van der Waals surface area contributed by atoms with Gasteiger partial charge in [-0.2, -0.15) is 0 Å². The van der Waals surface area contributed by atoms with Crippen molar-refractivity contribution in [3.8, 4) is 0 Å². The van der Waals surface area contributed by atoms with Gasteiger partial charge in [-0.15, -0.1) is 0 Å². The topological polar surface area (TPSA) is 75.3 Å². The highest BCUT2D eigenvalue weighted by atomic mass is 32.2. The van der Waals surface area contributed by atoms with Crippen molar-refractivity contribution in [1.82, 2.24) is 10.0 Å². The Kier molecular flexibility index (Phi) is 5.36. The standard InChI is InChI=1S/C9H20N2O3S2/c1-8(7-15(2)12)11-16(13,14)9-4-3-5-10-6-9/h8-11H,3-7H2,1-2H3. The largest absolute Gasteiger partial charge is 0.315 e. The van der Waals surface area contributed by atoms with Crippen molar-refractivity contribution >= 4 is 20.8 Å². The molecule has 0 bridgehead atoms. The van der Waals surface area contributed by atoms with Gasteiger partial charge in [-0.25, -0.2) is 13.1 Å². The Morgan fingerprint density at radius 2 is 2.25 bits per heavy atom. The highest BCUT2D eigenvalue weighted by Gasteiger charge is 2.28. The van der Waals surface area contributed by atoms with Gasteiger partial charge in [0.25, 0.3) is 0 Å². The first kappa shape index (κ1) is 14.1. The molecule has 16 heavy (non-hydrogen) atoms. The molecule has 0 aromatic heterocycles. The van der Waals surface area contributed by atoms with Crippen molar-refractivity contribution in [3.63, 3.8) is 0 Å². The number of nitrogens with one attached hydrogen (secondary N) is 2. The smallest absolute Gasteiger partial charge is 0.216 e. The van der Waals surface area contributed by atoms with Crippen LogP contribution in [0.2, 0.25) is 0 Å². The van der Waals surface area contributed by atoms with Gasteiger partial charge in [0.05, 0.1) is 5.25 Å². The fourth-order valence-electron chi connectivity index (χ4n) is 1.85. The molecule has 0 saturated carbocycles. The first-order valence-electron chi connectivity index (χ1n) is 5.43. The highest BCUT2D eigenvalue weighted by molar-refractivity contribution is 7.90. The molecule has 96 valence electrons. The van der Waals surface area contributed by atoms with Gasteiger partial charge in [0.1, 0.15) is 0 Å². The molecule has 0 aliphatic carbocycles. The molecule has 0 amide bonds. The Bertz CT molecular complexity index is 337. The van der Waals surface area contributed by atoms with Gasteiger partial charge in [-0.05, 0) is 26.3 Å². The van der Waals surface area contributed by atoms with E-state index in [-0.39, 0.29) is 11.3 Å². The van der Waals surface area contributed by atoms with E-state index in [1.165, 1.54) is 0 Å². The molecule has 3 unspecified atom stereocenters. The van der Waals surface area contributed by atoms with Crippen molar-refractivity contribution in [2.24, 2.45) is 0 Å². The molecule has 3 atom stereocenters. The van der Waals surface area contributed by atoms with Crippen LogP contribution in [0.5, 0.6) is 0 Å². The Morgan fingerprint density at radius 1 is 1.56 bits per heavy atom. The van der Waals surface area contributed by atoms with Crippen LogP contribution in [0, 0.1) is 0 Å². The minimum absolute atomic E-state index is 0.266. The lowest BCUT2D eigenvalue weighted by atomic mass is 10.2. The zero-order valence-corrected chi connectivity index (χ0v) is 11.4. The lowest BCUT2D eigenvalue weighted by Crippen LogP contribution is -2.47. The van der Waals surface area contributed by atoms with E-state index in [0.29, 0.717) is 18.7 Å². The highest BCUT2D eigenvalue weighted by Crippen LogP contribution is 2.11. The second-order valence-corrected chi connectivity index (χ2v) is 7.74. The van der Waals surface area contributed by atoms with E-state index in [1.807, 2.05) is 0 Å². The van der Waals surface area contributed by atoms with Gasteiger partial charge in [-0.1, -0.05) is 0 Å². The molecule has 1 fully saturated rings. The summed E-state index contributed by atoms with van der Waals surface area (Å²) in [6.45, 7) is 3.15. The van der Waals surface area contributed by atoms with Crippen LogP contribution in [-0.2, 0) is 20.8 Å². The fraction of sp³-hybridized carbons (Fsp3) is 1.00. The molecule has 7 heteroatoms. The molecule has 1 aliphatic heterocycles. The van der Waals surface area contributed by atoms with Gasteiger partial charge in [0.15, 0.2) is 0 Å². The van der Waals surface area contributed by atoms with Crippen LogP contribution < -0.4 is 10.0 Å². The van der Waals surface area contributed by atoms with Gasteiger partial charge < -0.3 is 5.32 Å². The lowest BCUT2D eigenvalue weighted by molar-refractivity contribution is 0.486. The van der Waals surface area contributed by atoms with Crippen molar-refractivity contribution in [2.45, 2.75) is 31.1 Å². The Balaban J connectivity index is 2.53. The molecule has 1 heterocycles. The third-order valence-corrected chi connectivity index (χ3v) is 5.52.